The molecule has 0 radical (unpaired) electrons. The van der Waals surface area contributed by atoms with E-state index in [9.17, 15) is 9.59 Å². The summed E-state index contributed by atoms with van der Waals surface area (Å²) in [6, 6.07) is 13.0. The number of rotatable bonds is 4. The lowest BCUT2D eigenvalue weighted by Gasteiger charge is -2.03. The SMILES string of the molecule is COc1cccc2sc(NC(=O)Cn3c(=O)n(C)c4ccccc43)nc12. The van der Waals surface area contributed by atoms with Crippen molar-refractivity contribution in [2.24, 2.45) is 7.05 Å². The van der Waals surface area contributed by atoms with E-state index in [-0.39, 0.29) is 18.1 Å². The summed E-state index contributed by atoms with van der Waals surface area (Å²) in [6.45, 7) is -0.0761. The van der Waals surface area contributed by atoms with Gasteiger partial charge in [0.2, 0.25) is 5.91 Å². The van der Waals surface area contributed by atoms with Gasteiger partial charge in [0.25, 0.3) is 0 Å². The van der Waals surface area contributed by atoms with Crippen LogP contribution in [0, 0.1) is 0 Å². The Kier molecular flexibility index (Phi) is 3.96. The van der Waals surface area contributed by atoms with E-state index >= 15 is 0 Å². The molecule has 4 aromatic rings. The molecule has 0 spiro atoms. The summed E-state index contributed by atoms with van der Waals surface area (Å²) in [7, 11) is 3.28. The summed E-state index contributed by atoms with van der Waals surface area (Å²) in [5, 5.41) is 3.25. The first-order valence-electron chi connectivity index (χ1n) is 7.96. The maximum atomic E-state index is 12.5. The van der Waals surface area contributed by atoms with Gasteiger partial charge in [0.1, 0.15) is 17.8 Å². The number of methoxy groups -OCH3 is 1. The van der Waals surface area contributed by atoms with Crippen LogP contribution in [0.1, 0.15) is 0 Å². The second-order valence-electron chi connectivity index (χ2n) is 5.79. The number of fused-ring (bicyclic) bond motifs is 2. The standard InChI is InChI=1S/C18H16N4O3S/c1-21-11-6-3-4-7-12(11)22(18(21)24)10-15(23)19-17-20-16-13(25-2)8-5-9-14(16)26-17/h3-9H,10H2,1-2H3,(H,19,20,23). The minimum Gasteiger partial charge on any atom is -0.494 e. The zero-order valence-electron chi connectivity index (χ0n) is 14.2. The van der Waals surface area contributed by atoms with Gasteiger partial charge in [-0.05, 0) is 24.3 Å². The first kappa shape index (κ1) is 16.3. The van der Waals surface area contributed by atoms with Crippen molar-refractivity contribution in [1.29, 1.82) is 0 Å². The highest BCUT2D eigenvalue weighted by Gasteiger charge is 2.15. The van der Waals surface area contributed by atoms with Crippen LogP contribution >= 0.6 is 11.3 Å². The normalized spacial score (nSPS) is 11.2. The van der Waals surface area contributed by atoms with Crippen molar-refractivity contribution in [1.82, 2.24) is 14.1 Å². The lowest BCUT2D eigenvalue weighted by atomic mass is 10.3. The largest absolute Gasteiger partial charge is 0.494 e. The molecule has 0 aliphatic heterocycles. The first-order valence-corrected chi connectivity index (χ1v) is 8.78. The molecule has 0 saturated carbocycles. The van der Waals surface area contributed by atoms with Crippen molar-refractivity contribution < 1.29 is 9.53 Å². The number of nitrogens with zero attached hydrogens (tertiary/aromatic N) is 3. The van der Waals surface area contributed by atoms with Crippen molar-refractivity contribution in [2.75, 3.05) is 12.4 Å². The molecule has 2 aromatic heterocycles. The number of benzene rings is 2. The van der Waals surface area contributed by atoms with Crippen LogP contribution in [0.5, 0.6) is 5.75 Å². The molecule has 26 heavy (non-hydrogen) atoms. The molecular formula is C18H16N4O3S. The van der Waals surface area contributed by atoms with Gasteiger partial charge in [0.05, 0.1) is 22.8 Å². The van der Waals surface area contributed by atoms with E-state index in [4.69, 9.17) is 4.74 Å². The highest BCUT2D eigenvalue weighted by atomic mass is 32.1. The fraction of sp³-hybridized carbons (Fsp3) is 0.167. The fourth-order valence-corrected chi connectivity index (χ4v) is 3.86. The van der Waals surface area contributed by atoms with E-state index in [2.05, 4.69) is 10.3 Å². The molecule has 0 unspecified atom stereocenters. The van der Waals surface area contributed by atoms with Crippen LogP contribution in [0.2, 0.25) is 0 Å². The van der Waals surface area contributed by atoms with Crippen LogP contribution < -0.4 is 15.7 Å². The van der Waals surface area contributed by atoms with Gasteiger partial charge >= 0.3 is 5.69 Å². The van der Waals surface area contributed by atoms with Crippen LogP contribution in [0.3, 0.4) is 0 Å². The average Bonchev–Trinajstić information content (AvgIpc) is 3.16. The molecule has 0 bridgehead atoms. The number of nitrogens with one attached hydrogen (secondary N) is 1. The van der Waals surface area contributed by atoms with Gasteiger partial charge in [-0.1, -0.05) is 29.5 Å². The summed E-state index contributed by atoms with van der Waals surface area (Å²) in [4.78, 5) is 29.3. The summed E-state index contributed by atoms with van der Waals surface area (Å²) in [6.07, 6.45) is 0. The van der Waals surface area contributed by atoms with Gasteiger partial charge in [-0.15, -0.1) is 0 Å². The van der Waals surface area contributed by atoms with Crippen molar-refractivity contribution in [3.8, 4) is 5.75 Å². The zero-order chi connectivity index (χ0) is 18.3. The molecule has 8 heteroatoms. The molecule has 0 saturated heterocycles. The Bertz CT molecular complexity index is 1190. The molecule has 1 amide bonds. The molecule has 1 N–H and O–H groups in total. The highest BCUT2D eigenvalue weighted by molar-refractivity contribution is 7.22. The number of thiazole rings is 1. The molecule has 0 atom stereocenters. The molecule has 132 valence electrons. The maximum absolute atomic E-state index is 12.5. The molecule has 0 aliphatic carbocycles. The smallest absolute Gasteiger partial charge is 0.329 e. The lowest BCUT2D eigenvalue weighted by Crippen LogP contribution is -2.28. The number of imidazole rings is 1. The van der Waals surface area contributed by atoms with E-state index in [1.807, 2.05) is 42.5 Å². The zero-order valence-corrected chi connectivity index (χ0v) is 15.0. The molecule has 0 fully saturated rings. The van der Waals surface area contributed by atoms with Crippen molar-refractivity contribution >= 4 is 43.6 Å². The number of aryl methyl sites for hydroxylation is 1. The molecular weight excluding hydrogens is 352 g/mol. The Hall–Kier alpha value is -3.13. The molecule has 2 heterocycles. The third-order valence-corrected chi connectivity index (χ3v) is 5.14. The molecule has 7 nitrogen and oxygen atoms in total. The van der Waals surface area contributed by atoms with Crippen LogP contribution in [0.25, 0.3) is 21.3 Å². The van der Waals surface area contributed by atoms with Crippen LogP contribution in [0.15, 0.2) is 47.3 Å². The lowest BCUT2D eigenvalue weighted by molar-refractivity contribution is -0.116. The number of carbonyl (C=O) groups is 1. The topological polar surface area (TPSA) is 78.1 Å². The van der Waals surface area contributed by atoms with Crippen LogP contribution in [-0.2, 0) is 18.4 Å². The van der Waals surface area contributed by atoms with Crippen LogP contribution in [0.4, 0.5) is 5.13 Å². The number of hydrogen-bond donors (Lipinski definition) is 1. The van der Waals surface area contributed by atoms with E-state index in [1.54, 1.807) is 14.2 Å². The van der Waals surface area contributed by atoms with Gasteiger partial charge in [-0.2, -0.15) is 0 Å². The van der Waals surface area contributed by atoms with E-state index in [0.29, 0.717) is 16.4 Å². The van der Waals surface area contributed by atoms with Crippen molar-refractivity contribution in [3.05, 3.63) is 52.9 Å². The summed E-state index contributed by atoms with van der Waals surface area (Å²) < 4.78 is 9.20. The summed E-state index contributed by atoms with van der Waals surface area (Å²) >= 11 is 1.36. The predicted octanol–water partition coefficient (Wildman–Crippen LogP) is 2.60. The number of aromatic nitrogens is 3. The number of carbonyl (C=O) groups excluding carboxylic acids is 1. The first-order chi connectivity index (χ1) is 12.6. The van der Waals surface area contributed by atoms with Gasteiger partial charge < -0.3 is 10.1 Å². The third-order valence-electron chi connectivity index (χ3n) is 4.20. The quantitative estimate of drug-likeness (QED) is 0.601. The number of ether oxygens (including phenoxy) is 1. The Morgan fingerprint density at radius 2 is 1.96 bits per heavy atom. The summed E-state index contributed by atoms with van der Waals surface area (Å²) in [5.41, 5.74) is 1.99. The van der Waals surface area contributed by atoms with Gasteiger partial charge in [-0.25, -0.2) is 9.78 Å². The van der Waals surface area contributed by atoms with Crippen molar-refractivity contribution in [2.45, 2.75) is 6.54 Å². The van der Waals surface area contributed by atoms with Crippen molar-refractivity contribution in [3.63, 3.8) is 0 Å². The molecule has 4 rings (SSSR count). The van der Waals surface area contributed by atoms with E-state index in [1.165, 1.54) is 20.5 Å². The minimum atomic E-state index is -0.304. The third kappa shape index (κ3) is 2.64. The van der Waals surface area contributed by atoms with E-state index < -0.39 is 0 Å². The summed E-state index contributed by atoms with van der Waals surface area (Å²) in [5.74, 6) is 0.353. The Morgan fingerprint density at radius 3 is 2.73 bits per heavy atom. The molecule has 0 aliphatic rings. The van der Waals surface area contributed by atoms with Gasteiger partial charge in [-0.3, -0.25) is 13.9 Å². The molecule has 2 aromatic carbocycles. The number of amides is 1. The fourth-order valence-electron chi connectivity index (χ4n) is 2.96. The Labute approximate surface area is 152 Å². The van der Waals surface area contributed by atoms with E-state index in [0.717, 1.165) is 15.7 Å². The Morgan fingerprint density at radius 1 is 1.19 bits per heavy atom. The average molecular weight is 368 g/mol. The highest BCUT2D eigenvalue weighted by Crippen LogP contribution is 2.32. The minimum absolute atomic E-state index is 0.0761. The second-order valence-corrected chi connectivity index (χ2v) is 6.82. The van der Waals surface area contributed by atoms with Gasteiger partial charge in [0.15, 0.2) is 5.13 Å². The number of para-hydroxylation sites is 3. The monoisotopic (exact) mass is 368 g/mol. The predicted molar refractivity (Wildman–Crippen MR) is 102 cm³/mol. The number of anilines is 1. The maximum Gasteiger partial charge on any atom is 0.329 e. The number of hydrogen-bond acceptors (Lipinski definition) is 5. The van der Waals surface area contributed by atoms with Crippen LogP contribution in [-0.4, -0.2) is 27.1 Å². The Balaban J connectivity index is 1.62. The van der Waals surface area contributed by atoms with Gasteiger partial charge in [0, 0.05) is 7.05 Å². The second kappa shape index (κ2) is 6.30.